The van der Waals surface area contributed by atoms with Gasteiger partial charge in [-0.25, -0.2) is 4.79 Å². The van der Waals surface area contributed by atoms with Crippen LogP contribution in [0.15, 0.2) is 0 Å². The van der Waals surface area contributed by atoms with Crippen LogP contribution < -0.4 is 10.6 Å². The normalized spacial score (nSPS) is 15.6. The van der Waals surface area contributed by atoms with Crippen LogP contribution in [0.2, 0.25) is 0 Å². The van der Waals surface area contributed by atoms with Gasteiger partial charge in [-0.3, -0.25) is 9.59 Å². The number of carbonyl (C=O) groups is 3. The fraction of sp³-hybridized carbons (Fsp3) is 0.850. The van der Waals surface area contributed by atoms with Crippen LogP contribution in [0, 0.1) is 11.8 Å². The van der Waals surface area contributed by atoms with E-state index in [9.17, 15) is 14.4 Å². The van der Waals surface area contributed by atoms with E-state index in [1.54, 1.807) is 20.8 Å². The van der Waals surface area contributed by atoms with Crippen LogP contribution >= 0.6 is 0 Å². The predicted molar refractivity (Wildman–Crippen MR) is 105 cm³/mol. The third kappa shape index (κ3) is 9.11. The van der Waals surface area contributed by atoms with E-state index in [1.165, 1.54) is 0 Å². The predicted octanol–water partition coefficient (Wildman–Crippen LogP) is 2.69. The minimum absolute atomic E-state index is 0.0819. The van der Waals surface area contributed by atoms with Crippen molar-refractivity contribution in [3.63, 3.8) is 0 Å². The molecule has 0 radical (unpaired) electrons. The third-order valence-electron chi connectivity index (χ3n) is 4.87. The van der Waals surface area contributed by atoms with Gasteiger partial charge in [-0.1, -0.05) is 13.8 Å². The molecule has 0 bridgehead atoms. The molecule has 0 aromatic heterocycles. The number of ether oxygens (including phenoxy) is 1. The van der Waals surface area contributed by atoms with Crippen molar-refractivity contribution < 1.29 is 19.1 Å². The average Bonchev–Trinajstić information content (AvgIpc) is 2.59. The molecule has 2 N–H and O–H groups in total. The maximum atomic E-state index is 12.4. The van der Waals surface area contributed by atoms with Crippen LogP contribution in [-0.2, 0) is 14.3 Å². The number of likely N-dealkylation sites (tertiary alicyclic amines) is 1. The number of nitrogens with one attached hydrogen (secondary N) is 2. The molecular formula is C20H37N3O4. The second kappa shape index (κ2) is 11.1. The lowest BCUT2D eigenvalue weighted by molar-refractivity contribution is -0.137. The van der Waals surface area contributed by atoms with Crippen molar-refractivity contribution in [2.75, 3.05) is 26.2 Å². The van der Waals surface area contributed by atoms with E-state index >= 15 is 0 Å². The Hall–Kier alpha value is -1.79. The van der Waals surface area contributed by atoms with Crippen molar-refractivity contribution in [3.8, 4) is 0 Å². The van der Waals surface area contributed by atoms with E-state index in [1.807, 2.05) is 4.90 Å². The lowest BCUT2D eigenvalue weighted by Crippen LogP contribution is -2.44. The molecule has 0 atom stereocenters. The average molecular weight is 384 g/mol. The molecule has 156 valence electrons. The van der Waals surface area contributed by atoms with Gasteiger partial charge in [-0.05, 0) is 52.4 Å². The van der Waals surface area contributed by atoms with Gasteiger partial charge < -0.3 is 20.3 Å². The lowest BCUT2D eigenvalue weighted by atomic mass is 9.94. The Balaban J connectivity index is 2.19. The lowest BCUT2D eigenvalue weighted by Gasteiger charge is -2.34. The van der Waals surface area contributed by atoms with Gasteiger partial charge in [-0.2, -0.15) is 0 Å². The molecule has 0 aromatic rings. The summed E-state index contributed by atoms with van der Waals surface area (Å²) in [6, 6.07) is 0. The Morgan fingerprint density at radius 1 is 1.07 bits per heavy atom. The number of nitrogens with zero attached hydrogens (tertiary/aromatic N) is 1. The minimum atomic E-state index is -0.545. The first kappa shape index (κ1) is 23.2. The molecule has 0 unspecified atom stereocenters. The maximum Gasteiger partial charge on any atom is 0.407 e. The molecule has 1 aliphatic heterocycles. The van der Waals surface area contributed by atoms with E-state index in [4.69, 9.17) is 4.74 Å². The van der Waals surface area contributed by atoms with Gasteiger partial charge in [0.15, 0.2) is 0 Å². The van der Waals surface area contributed by atoms with E-state index in [0.29, 0.717) is 12.5 Å². The molecular weight excluding hydrogens is 346 g/mol. The summed E-state index contributed by atoms with van der Waals surface area (Å²) in [6.07, 6.45) is 3.34. The molecule has 0 aromatic carbocycles. The summed E-state index contributed by atoms with van der Waals surface area (Å²) in [7, 11) is 0. The van der Waals surface area contributed by atoms with Gasteiger partial charge in [0.25, 0.3) is 0 Å². The zero-order chi connectivity index (χ0) is 20.4. The number of hydrogen-bond donors (Lipinski definition) is 2. The van der Waals surface area contributed by atoms with Gasteiger partial charge in [0.2, 0.25) is 11.8 Å². The second-order valence-corrected chi connectivity index (χ2v) is 8.26. The summed E-state index contributed by atoms with van der Waals surface area (Å²) in [4.78, 5) is 37.8. The summed E-state index contributed by atoms with van der Waals surface area (Å²) < 4.78 is 5.12. The molecule has 27 heavy (non-hydrogen) atoms. The molecule has 3 amide bonds. The Morgan fingerprint density at radius 2 is 1.67 bits per heavy atom. The highest BCUT2D eigenvalue weighted by Gasteiger charge is 2.26. The number of hydrogen-bond acceptors (Lipinski definition) is 4. The first-order valence-corrected chi connectivity index (χ1v) is 10.2. The largest absolute Gasteiger partial charge is 0.444 e. The Morgan fingerprint density at radius 3 is 2.19 bits per heavy atom. The van der Waals surface area contributed by atoms with Crippen LogP contribution in [0.4, 0.5) is 4.79 Å². The number of piperidine rings is 1. The molecule has 1 saturated heterocycles. The molecule has 1 fully saturated rings. The van der Waals surface area contributed by atoms with Crippen molar-refractivity contribution in [1.82, 2.24) is 15.5 Å². The van der Waals surface area contributed by atoms with Crippen molar-refractivity contribution in [3.05, 3.63) is 0 Å². The fourth-order valence-corrected chi connectivity index (χ4v) is 3.19. The van der Waals surface area contributed by atoms with Crippen molar-refractivity contribution in [1.29, 1.82) is 0 Å². The highest BCUT2D eigenvalue weighted by molar-refractivity contribution is 5.79. The molecule has 1 heterocycles. The van der Waals surface area contributed by atoms with Crippen LogP contribution in [0.1, 0.15) is 66.7 Å². The highest BCUT2D eigenvalue weighted by Crippen LogP contribution is 2.20. The molecule has 0 saturated carbocycles. The minimum Gasteiger partial charge on any atom is -0.444 e. The Bertz CT molecular complexity index is 490. The topological polar surface area (TPSA) is 87.7 Å². The molecule has 7 nitrogen and oxygen atoms in total. The first-order chi connectivity index (χ1) is 12.7. The number of amides is 3. The van der Waals surface area contributed by atoms with E-state index < -0.39 is 11.7 Å². The van der Waals surface area contributed by atoms with Gasteiger partial charge in [0, 0.05) is 38.5 Å². The van der Waals surface area contributed by atoms with E-state index in [-0.39, 0.29) is 30.7 Å². The van der Waals surface area contributed by atoms with Crippen LogP contribution in [0.5, 0.6) is 0 Å². The van der Waals surface area contributed by atoms with E-state index in [0.717, 1.165) is 38.8 Å². The van der Waals surface area contributed by atoms with Gasteiger partial charge in [0.05, 0.1) is 0 Å². The number of rotatable bonds is 8. The highest BCUT2D eigenvalue weighted by atomic mass is 16.6. The van der Waals surface area contributed by atoms with Crippen LogP contribution in [0.3, 0.4) is 0 Å². The summed E-state index contributed by atoms with van der Waals surface area (Å²) in [6.45, 7) is 11.9. The molecule has 0 spiro atoms. The molecule has 1 rings (SSSR count). The van der Waals surface area contributed by atoms with Gasteiger partial charge in [-0.15, -0.1) is 0 Å². The number of carbonyl (C=O) groups excluding carboxylic acids is 3. The summed E-state index contributed by atoms with van der Waals surface area (Å²) in [5.41, 5.74) is -0.545. The SMILES string of the molecule is CCC(CC)C(=O)N1CCC(CNC(=O)CCNC(=O)OC(C)(C)C)CC1. The standard InChI is InChI=1S/C20H37N3O4/c1-6-16(7-2)18(25)23-12-9-15(10-13-23)14-22-17(24)8-11-21-19(26)27-20(3,4)5/h15-16H,6-14H2,1-5H3,(H,21,26)(H,22,24). The van der Waals surface area contributed by atoms with Crippen LogP contribution in [-0.4, -0.2) is 54.6 Å². The quantitative estimate of drug-likeness (QED) is 0.674. The molecule has 7 heteroatoms. The zero-order valence-electron chi connectivity index (χ0n) is 17.6. The first-order valence-electron chi connectivity index (χ1n) is 10.2. The Labute approximate surface area is 163 Å². The molecule has 0 aliphatic carbocycles. The van der Waals surface area contributed by atoms with Gasteiger partial charge >= 0.3 is 6.09 Å². The summed E-state index contributed by atoms with van der Waals surface area (Å²) in [5.74, 6) is 0.731. The maximum absolute atomic E-state index is 12.4. The smallest absolute Gasteiger partial charge is 0.407 e. The molecule has 1 aliphatic rings. The zero-order valence-corrected chi connectivity index (χ0v) is 17.6. The summed E-state index contributed by atoms with van der Waals surface area (Å²) >= 11 is 0. The second-order valence-electron chi connectivity index (χ2n) is 8.26. The van der Waals surface area contributed by atoms with Crippen molar-refractivity contribution in [2.24, 2.45) is 11.8 Å². The van der Waals surface area contributed by atoms with Gasteiger partial charge in [0.1, 0.15) is 5.60 Å². The third-order valence-corrected chi connectivity index (χ3v) is 4.87. The monoisotopic (exact) mass is 383 g/mol. The fourth-order valence-electron chi connectivity index (χ4n) is 3.19. The van der Waals surface area contributed by atoms with Crippen LogP contribution in [0.25, 0.3) is 0 Å². The summed E-state index contributed by atoms with van der Waals surface area (Å²) in [5, 5.41) is 5.51. The number of alkyl carbamates (subject to hydrolysis) is 1. The van der Waals surface area contributed by atoms with Crippen molar-refractivity contribution in [2.45, 2.75) is 72.3 Å². The van der Waals surface area contributed by atoms with E-state index in [2.05, 4.69) is 24.5 Å². The van der Waals surface area contributed by atoms with Crippen molar-refractivity contribution >= 4 is 17.9 Å². The Kier molecular flexibility index (Phi) is 9.60.